The fraction of sp³-hybridized carbons (Fsp3) is 0.355. The summed E-state index contributed by atoms with van der Waals surface area (Å²) in [4.78, 5) is 29.0. The van der Waals surface area contributed by atoms with Crippen LogP contribution < -0.4 is 9.62 Å². The summed E-state index contributed by atoms with van der Waals surface area (Å²) in [5.74, 6) is -0.564. The minimum Gasteiger partial charge on any atom is -0.354 e. The van der Waals surface area contributed by atoms with Crippen LogP contribution in [0.1, 0.15) is 45.2 Å². The fourth-order valence-electron chi connectivity index (χ4n) is 4.44. The molecule has 0 aromatic heterocycles. The Morgan fingerprint density at radius 2 is 1.48 bits per heavy atom. The van der Waals surface area contributed by atoms with Crippen LogP contribution in [-0.4, -0.2) is 44.3 Å². The summed E-state index contributed by atoms with van der Waals surface area (Å²) in [6.45, 7) is 7.78. The molecule has 0 heterocycles. The number of aryl methyl sites for hydroxylation is 1. The van der Waals surface area contributed by atoms with Gasteiger partial charge in [-0.25, -0.2) is 8.42 Å². The van der Waals surface area contributed by atoms with Crippen LogP contribution >= 0.6 is 11.6 Å². The van der Waals surface area contributed by atoms with E-state index in [1.165, 1.54) is 17.0 Å². The monoisotopic (exact) mass is 583 g/mol. The molecule has 0 spiro atoms. The van der Waals surface area contributed by atoms with Gasteiger partial charge in [-0.1, -0.05) is 93.9 Å². The zero-order valence-corrected chi connectivity index (χ0v) is 25.1. The van der Waals surface area contributed by atoms with Gasteiger partial charge in [-0.3, -0.25) is 13.9 Å². The second-order valence-electron chi connectivity index (χ2n) is 9.98. The Labute approximate surface area is 243 Å². The van der Waals surface area contributed by atoms with Crippen molar-refractivity contribution in [2.75, 3.05) is 17.4 Å². The van der Waals surface area contributed by atoms with Crippen molar-refractivity contribution >= 4 is 39.1 Å². The molecule has 0 aliphatic heterocycles. The molecule has 9 heteroatoms. The van der Waals surface area contributed by atoms with Crippen molar-refractivity contribution in [2.24, 2.45) is 5.92 Å². The molecule has 40 heavy (non-hydrogen) atoms. The van der Waals surface area contributed by atoms with E-state index in [0.29, 0.717) is 35.7 Å². The van der Waals surface area contributed by atoms with Gasteiger partial charge in [0, 0.05) is 18.1 Å². The lowest BCUT2D eigenvalue weighted by Gasteiger charge is -2.34. The molecule has 0 saturated carbocycles. The zero-order chi connectivity index (χ0) is 29.3. The Morgan fingerprint density at radius 1 is 0.875 bits per heavy atom. The average Bonchev–Trinajstić information content (AvgIpc) is 2.95. The SMILES string of the molecule is CCc1ccccc1N(CC(=O)N(Cc1ccccc1Cl)C(CC)C(=O)NCC(C)C)S(=O)(=O)c1ccccc1. The first-order valence-electron chi connectivity index (χ1n) is 13.6. The molecule has 1 N–H and O–H groups in total. The summed E-state index contributed by atoms with van der Waals surface area (Å²) in [6, 6.07) is 21.5. The van der Waals surface area contributed by atoms with Crippen molar-refractivity contribution in [3.8, 4) is 0 Å². The smallest absolute Gasteiger partial charge is 0.264 e. The van der Waals surface area contributed by atoms with Crippen LogP contribution in [0.25, 0.3) is 0 Å². The van der Waals surface area contributed by atoms with E-state index in [1.54, 1.807) is 48.5 Å². The minimum absolute atomic E-state index is 0.0563. The zero-order valence-electron chi connectivity index (χ0n) is 23.5. The molecule has 1 atom stereocenters. The third-order valence-electron chi connectivity index (χ3n) is 6.62. The second-order valence-corrected chi connectivity index (χ2v) is 12.3. The molecule has 214 valence electrons. The number of hydrogen-bond donors (Lipinski definition) is 1. The van der Waals surface area contributed by atoms with Crippen molar-refractivity contribution in [1.82, 2.24) is 10.2 Å². The highest BCUT2D eigenvalue weighted by molar-refractivity contribution is 7.92. The molecule has 7 nitrogen and oxygen atoms in total. The van der Waals surface area contributed by atoms with Crippen molar-refractivity contribution < 1.29 is 18.0 Å². The van der Waals surface area contributed by atoms with Gasteiger partial charge in [0.25, 0.3) is 10.0 Å². The van der Waals surface area contributed by atoms with E-state index in [1.807, 2.05) is 45.9 Å². The number of amides is 2. The van der Waals surface area contributed by atoms with Gasteiger partial charge in [0.05, 0.1) is 10.6 Å². The predicted octanol–water partition coefficient (Wildman–Crippen LogP) is 5.68. The molecule has 1 unspecified atom stereocenters. The summed E-state index contributed by atoms with van der Waals surface area (Å²) in [5, 5.41) is 3.39. The number of sulfonamides is 1. The van der Waals surface area contributed by atoms with Gasteiger partial charge in [0.1, 0.15) is 12.6 Å². The van der Waals surface area contributed by atoms with Crippen LogP contribution in [0, 0.1) is 5.92 Å². The number of carbonyl (C=O) groups is 2. The van der Waals surface area contributed by atoms with E-state index in [0.717, 1.165) is 9.87 Å². The van der Waals surface area contributed by atoms with Gasteiger partial charge in [0.15, 0.2) is 0 Å². The quantitative estimate of drug-likeness (QED) is 0.281. The second kappa shape index (κ2) is 14.3. The lowest BCUT2D eigenvalue weighted by Crippen LogP contribution is -2.52. The standard InChI is InChI=1S/C31H38ClN3O4S/c1-5-24-14-11-13-19-29(24)35(40(38,39)26-16-8-7-9-17-26)22-30(36)34(21-25-15-10-12-18-27(25)32)28(6-2)31(37)33-20-23(3)4/h7-19,23,28H,5-6,20-22H2,1-4H3,(H,33,37). The maximum atomic E-state index is 14.2. The van der Waals surface area contributed by atoms with E-state index < -0.39 is 28.5 Å². The van der Waals surface area contributed by atoms with E-state index >= 15 is 0 Å². The number of benzene rings is 3. The molecule has 0 aliphatic rings. The number of halogens is 1. The molecule has 3 aromatic carbocycles. The number of hydrogen-bond acceptors (Lipinski definition) is 4. The maximum Gasteiger partial charge on any atom is 0.264 e. The number of carbonyl (C=O) groups excluding carboxylic acids is 2. The number of para-hydroxylation sites is 1. The predicted molar refractivity (Wildman–Crippen MR) is 161 cm³/mol. The minimum atomic E-state index is -4.11. The van der Waals surface area contributed by atoms with Gasteiger partial charge < -0.3 is 10.2 Å². The van der Waals surface area contributed by atoms with E-state index in [9.17, 15) is 18.0 Å². The third-order valence-corrected chi connectivity index (χ3v) is 8.76. The van der Waals surface area contributed by atoms with Gasteiger partial charge in [0.2, 0.25) is 11.8 Å². The van der Waals surface area contributed by atoms with Gasteiger partial charge in [-0.2, -0.15) is 0 Å². The Kier molecular flexibility index (Phi) is 11.2. The molecule has 0 fully saturated rings. The Morgan fingerprint density at radius 3 is 2.08 bits per heavy atom. The highest BCUT2D eigenvalue weighted by Crippen LogP contribution is 2.28. The van der Waals surface area contributed by atoms with E-state index in [4.69, 9.17) is 11.6 Å². The topological polar surface area (TPSA) is 86.8 Å². The molecule has 0 bridgehead atoms. The first kappa shape index (κ1) is 31.2. The van der Waals surface area contributed by atoms with Gasteiger partial charge >= 0.3 is 0 Å². The molecule has 0 radical (unpaired) electrons. The van der Waals surface area contributed by atoms with Crippen molar-refractivity contribution in [2.45, 2.75) is 58.0 Å². The van der Waals surface area contributed by atoms with Crippen LogP contribution in [0.15, 0.2) is 83.8 Å². The summed E-state index contributed by atoms with van der Waals surface area (Å²) < 4.78 is 29.1. The van der Waals surface area contributed by atoms with Crippen LogP contribution in [0.5, 0.6) is 0 Å². The van der Waals surface area contributed by atoms with E-state index in [2.05, 4.69) is 5.32 Å². The largest absolute Gasteiger partial charge is 0.354 e. The van der Waals surface area contributed by atoms with E-state index in [-0.39, 0.29) is 23.3 Å². The van der Waals surface area contributed by atoms with Crippen LogP contribution in [0.4, 0.5) is 5.69 Å². The van der Waals surface area contributed by atoms with Crippen molar-refractivity contribution in [3.05, 3.63) is 95.0 Å². The van der Waals surface area contributed by atoms with Crippen LogP contribution in [0.3, 0.4) is 0 Å². The highest BCUT2D eigenvalue weighted by Gasteiger charge is 2.34. The summed E-state index contributed by atoms with van der Waals surface area (Å²) in [6.07, 6.45) is 0.917. The Hall–Kier alpha value is -3.36. The number of nitrogens with zero attached hydrogens (tertiary/aromatic N) is 2. The van der Waals surface area contributed by atoms with Crippen molar-refractivity contribution in [1.29, 1.82) is 0 Å². The van der Waals surface area contributed by atoms with Crippen molar-refractivity contribution in [3.63, 3.8) is 0 Å². The highest BCUT2D eigenvalue weighted by atomic mass is 35.5. The first-order chi connectivity index (χ1) is 19.1. The van der Waals surface area contributed by atoms with Gasteiger partial charge in [-0.15, -0.1) is 0 Å². The maximum absolute atomic E-state index is 14.2. The Balaban J connectivity index is 2.08. The molecule has 2 amide bonds. The third kappa shape index (κ3) is 7.64. The molecule has 3 aromatic rings. The summed E-state index contributed by atoms with van der Waals surface area (Å²) in [7, 11) is -4.11. The fourth-order valence-corrected chi connectivity index (χ4v) is 6.11. The normalized spacial score (nSPS) is 12.2. The lowest BCUT2D eigenvalue weighted by atomic mass is 10.1. The average molecular weight is 584 g/mol. The number of rotatable bonds is 13. The molecule has 3 rings (SSSR count). The number of anilines is 1. The Bertz CT molecular complexity index is 1400. The number of nitrogens with one attached hydrogen (secondary N) is 1. The lowest BCUT2D eigenvalue weighted by molar-refractivity contribution is -0.140. The molecule has 0 saturated heterocycles. The molecule has 0 aliphatic carbocycles. The molecular weight excluding hydrogens is 546 g/mol. The first-order valence-corrected chi connectivity index (χ1v) is 15.4. The summed E-state index contributed by atoms with van der Waals surface area (Å²) >= 11 is 6.45. The summed E-state index contributed by atoms with van der Waals surface area (Å²) in [5.41, 5.74) is 1.88. The van der Waals surface area contributed by atoms with Gasteiger partial charge in [-0.05, 0) is 54.2 Å². The molecular formula is C31H38ClN3O4S. The van der Waals surface area contributed by atoms with Crippen LogP contribution in [-0.2, 0) is 32.6 Å². The van der Waals surface area contributed by atoms with Crippen LogP contribution in [0.2, 0.25) is 5.02 Å².